The summed E-state index contributed by atoms with van der Waals surface area (Å²) in [5, 5.41) is 2.46. The van der Waals surface area contributed by atoms with Crippen LogP contribution < -0.4 is 5.32 Å². The number of imide groups is 1. The lowest BCUT2D eigenvalue weighted by Crippen LogP contribution is -2.64. The van der Waals surface area contributed by atoms with Gasteiger partial charge in [-0.3, -0.25) is 15.0 Å². The van der Waals surface area contributed by atoms with Crippen LogP contribution in [0.25, 0.3) is 0 Å². The molecule has 3 aliphatic rings. The Hall–Kier alpha value is -2.39. The highest BCUT2D eigenvalue weighted by Gasteiger charge is 2.49. The van der Waals surface area contributed by atoms with Crippen molar-refractivity contribution in [3.05, 3.63) is 47.0 Å². The van der Waals surface area contributed by atoms with Gasteiger partial charge in [-0.15, -0.1) is 6.58 Å². The van der Waals surface area contributed by atoms with Crippen LogP contribution in [0.2, 0.25) is 0 Å². The van der Waals surface area contributed by atoms with E-state index in [4.69, 9.17) is 4.99 Å². The molecular weight excluding hydrogens is 436 g/mol. The number of fused-ring (bicyclic) bond motifs is 1. The first-order chi connectivity index (χ1) is 14.0. The smallest absolute Gasteiger partial charge is 0.325 e. The molecule has 0 aromatic heterocycles. The summed E-state index contributed by atoms with van der Waals surface area (Å²) < 4.78 is 1.01. The van der Waals surface area contributed by atoms with Crippen LogP contribution >= 0.6 is 15.9 Å². The van der Waals surface area contributed by atoms with Gasteiger partial charge in [0.1, 0.15) is 0 Å². The van der Waals surface area contributed by atoms with Gasteiger partial charge in [-0.25, -0.2) is 9.79 Å². The van der Waals surface area contributed by atoms with E-state index in [1.807, 2.05) is 35.2 Å². The van der Waals surface area contributed by atoms with E-state index in [-0.39, 0.29) is 5.91 Å². The van der Waals surface area contributed by atoms with Gasteiger partial charge in [0.15, 0.2) is 18.2 Å². The van der Waals surface area contributed by atoms with Gasteiger partial charge in [0.05, 0.1) is 0 Å². The maximum absolute atomic E-state index is 12.7. The Morgan fingerprint density at radius 2 is 1.90 bits per heavy atom. The molecule has 0 bridgehead atoms. The molecule has 2 saturated heterocycles. The molecule has 3 amide bonds. The highest BCUT2D eigenvalue weighted by atomic mass is 79.9. The fourth-order valence-electron chi connectivity index (χ4n) is 4.04. The van der Waals surface area contributed by atoms with Gasteiger partial charge < -0.3 is 14.7 Å². The van der Waals surface area contributed by atoms with Crippen molar-refractivity contribution in [2.45, 2.75) is 18.8 Å². The largest absolute Gasteiger partial charge is 0.340 e. The third-order valence-electron chi connectivity index (χ3n) is 5.65. The van der Waals surface area contributed by atoms with Gasteiger partial charge in [0.2, 0.25) is 0 Å². The topological polar surface area (TPSA) is 71.5 Å². The average Bonchev–Trinajstić information content (AvgIpc) is 3.09. The molecule has 154 valence electrons. The van der Waals surface area contributed by atoms with Crippen molar-refractivity contribution in [3.8, 4) is 0 Å². The highest BCUT2D eigenvalue weighted by Crippen LogP contribution is 2.28. The van der Waals surface area contributed by atoms with Gasteiger partial charge in [0.25, 0.3) is 5.91 Å². The maximum atomic E-state index is 12.7. The molecule has 4 rings (SSSR count). The lowest BCUT2D eigenvalue weighted by atomic mass is 10.1. The first kappa shape index (κ1) is 19.9. The molecule has 1 aromatic carbocycles. The van der Waals surface area contributed by atoms with Crippen molar-refractivity contribution in [2.75, 3.05) is 39.8 Å². The normalized spacial score (nSPS) is 25.0. The standard InChI is InChI=1S/C20H25BrN6O2/c1-3-8-25-9-11-26(12-10-25)19-22-17-16(18(28)23-20(29)24(17)2)27(19)13-14-4-6-15(21)7-5-14/h3-7,16-17H,1,8-13H2,2H3,(H,23,28,29). The number of urea groups is 1. The number of hydrogen-bond acceptors (Lipinski definition) is 6. The number of rotatable bonds is 4. The Morgan fingerprint density at radius 1 is 1.21 bits per heavy atom. The van der Waals surface area contributed by atoms with Gasteiger partial charge in [-0.2, -0.15) is 0 Å². The van der Waals surface area contributed by atoms with Crippen LogP contribution in [-0.4, -0.2) is 89.5 Å². The number of benzene rings is 1. The Morgan fingerprint density at radius 3 is 2.55 bits per heavy atom. The van der Waals surface area contributed by atoms with Crippen LogP contribution in [0, 0.1) is 0 Å². The van der Waals surface area contributed by atoms with E-state index in [9.17, 15) is 9.59 Å². The van der Waals surface area contributed by atoms with Gasteiger partial charge in [-0.05, 0) is 17.7 Å². The van der Waals surface area contributed by atoms with Gasteiger partial charge in [-0.1, -0.05) is 34.1 Å². The molecule has 0 radical (unpaired) electrons. The zero-order chi connectivity index (χ0) is 20.5. The predicted octanol–water partition coefficient (Wildman–Crippen LogP) is 1.30. The predicted molar refractivity (Wildman–Crippen MR) is 114 cm³/mol. The van der Waals surface area contributed by atoms with Crippen molar-refractivity contribution < 1.29 is 9.59 Å². The fourth-order valence-corrected chi connectivity index (χ4v) is 4.31. The number of hydrogen-bond donors (Lipinski definition) is 1. The van der Waals surface area contributed by atoms with Crippen molar-refractivity contribution in [3.63, 3.8) is 0 Å². The lowest BCUT2D eigenvalue weighted by Gasteiger charge is -2.40. The van der Waals surface area contributed by atoms with Crippen molar-refractivity contribution in [1.29, 1.82) is 0 Å². The monoisotopic (exact) mass is 460 g/mol. The molecule has 0 saturated carbocycles. The number of carbonyl (C=O) groups is 2. The van der Waals surface area contributed by atoms with Crippen molar-refractivity contribution >= 4 is 33.8 Å². The molecule has 3 heterocycles. The third kappa shape index (κ3) is 3.89. The first-order valence-electron chi connectivity index (χ1n) is 9.72. The van der Waals surface area contributed by atoms with Gasteiger partial charge >= 0.3 is 6.03 Å². The second kappa shape index (κ2) is 8.16. The summed E-state index contributed by atoms with van der Waals surface area (Å²) in [5.41, 5.74) is 1.08. The number of carbonyl (C=O) groups excluding carboxylic acids is 2. The summed E-state index contributed by atoms with van der Waals surface area (Å²) in [6, 6.07) is 7.12. The van der Waals surface area contributed by atoms with E-state index in [1.165, 1.54) is 4.90 Å². The molecule has 9 heteroatoms. The number of guanidine groups is 1. The number of aliphatic imine (C=N–C) groups is 1. The Labute approximate surface area is 179 Å². The van der Waals surface area contributed by atoms with Crippen molar-refractivity contribution in [2.24, 2.45) is 4.99 Å². The zero-order valence-electron chi connectivity index (χ0n) is 16.4. The van der Waals surface area contributed by atoms with E-state index >= 15 is 0 Å². The van der Waals surface area contributed by atoms with Crippen LogP contribution in [0.3, 0.4) is 0 Å². The van der Waals surface area contributed by atoms with Crippen LogP contribution in [0.4, 0.5) is 4.79 Å². The second-order valence-corrected chi connectivity index (χ2v) is 8.44. The Bertz CT molecular complexity index is 834. The van der Waals surface area contributed by atoms with Crippen LogP contribution in [0.5, 0.6) is 0 Å². The second-order valence-electron chi connectivity index (χ2n) is 7.52. The molecule has 2 unspecified atom stereocenters. The molecule has 0 spiro atoms. The Balaban J connectivity index is 1.60. The average molecular weight is 461 g/mol. The quantitative estimate of drug-likeness (QED) is 0.685. The minimum absolute atomic E-state index is 0.292. The summed E-state index contributed by atoms with van der Waals surface area (Å²) >= 11 is 3.46. The first-order valence-corrected chi connectivity index (χ1v) is 10.5. The molecule has 8 nitrogen and oxygen atoms in total. The van der Waals surface area contributed by atoms with E-state index < -0.39 is 18.2 Å². The van der Waals surface area contributed by atoms with Crippen molar-refractivity contribution in [1.82, 2.24) is 24.9 Å². The minimum Gasteiger partial charge on any atom is -0.340 e. The van der Waals surface area contributed by atoms with Crippen LogP contribution in [0.1, 0.15) is 5.56 Å². The third-order valence-corrected chi connectivity index (χ3v) is 6.18. The maximum Gasteiger partial charge on any atom is 0.325 e. The zero-order valence-corrected chi connectivity index (χ0v) is 18.0. The summed E-state index contributed by atoms with van der Waals surface area (Å²) in [7, 11) is 1.69. The molecular formula is C20H25BrN6O2. The van der Waals surface area contributed by atoms with E-state index in [0.717, 1.165) is 48.7 Å². The van der Waals surface area contributed by atoms with Gasteiger partial charge in [0, 0.05) is 50.8 Å². The SMILES string of the molecule is C=CCN1CCN(C2=NC3C(C(=O)NC(=O)N3C)N2Cc2ccc(Br)cc2)CC1. The molecule has 3 aliphatic heterocycles. The summed E-state index contributed by atoms with van der Waals surface area (Å²) in [5.74, 6) is 0.497. The summed E-state index contributed by atoms with van der Waals surface area (Å²) in [6.07, 6.45) is 1.41. The van der Waals surface area contributed by atoms with Crippen LogP contribution in [0.15, 0.2) is 46.4 Å². The number of nitrogens with zero attached hydrogens (tertiary/aromatic N) is 5. The van der Waals surface area contributed by atoms with E-state index in [2.05, 4.69) is 37.6 Å². The molecule has 1 N–H and O–H groups in total. The minimum atomic E-state index is -0.525. The van der Waals surface area contributed by atoms with E-state index in [0.29, 0.717) is 6.54 Å². The van der Waals surface area contributed by atoms with E-state index in [1.54, 1.807) is 7.05 Å². The molecule has 1 aromatic rings. The summed E-state index contributed by atoms with van der Waals surface area (Å²) in [6.45, 7) is 8.70. The molecule has 2 fully saturated rings. The molecule has 29 heavy (non-hydrogen) atoms. The van der Waals surface area contributed by atoms with Crippen LogP contribution in [-0.2, 0) is 11.3 Å². The summed E-state index contributed by atoms with van der Waals surface area (Å²) in [4.78, 5) is 37.8. The number of likely N-dealkylation sites (N-methyl/N-ethyl adjacent to an activating group) is 1. The number of piperazine rings is 1. The fraction of sp³-hybridized carbons (Fsp3) is 0.450. The number of amides is 3. The highest BCUT2D eigenvalue weighted by molar-refractivity contribution is 9.10. The number of halogens is 1. The lowest BCUT2D eigenvalue weighted by molar-refractivity contribution is -0.127. The number of nitrogens with one attached hydrogen (secondary N) is 1. The molecule has 0 aliphatic carbocycles. The molecule has 2 atom stereocenters. The Kier molecular flexibility index (Phi) is 5.60.